The van der Waals surface area contributed by atoms with Crippen LogP contribution < -0.4 is 5.73 Å². The Morgan fingerprint density at radius 2 is 2.21 bits per heavy atom. The number of rotatable bonds is 4. The van der Waals surface area contributed by atoms with Crippen molar-refractivity contribution in [1.29, 1.82) is 0 Å². The smallest absolute Gasteiger partial charge is 0.123 e. The van der Waals surface area contributed by atoms with Crippen LogP contribution in [0.3, 0.4) is 0 Å². The van der Waals surface area contributed by atoms with E-state index < -0.39 is 0 Å². The molecule has 106 valence electrons. The van der Waals surface area contributed by atoms with Crippen LogP contribution in [0.4, 0.5) is 4.39 Å². The Bertz CT molecular complexity index is 419. The van der Waals surface area contributed by atoms with E-state index >= 15 is 0 Å². The Kier molecular flexibility index (Phi) is 4.94. The van der Waals surface area contributed by atoms with Crippen LogP contribution in [-0.4, -0.2) is 19.3 Å². The standard InChI is InChI=1S/C16H24FNO/c1-11(2)16-9-13(6-8-19-16)15-10-14(17)4-3-12(15)5-7-18/h3-4,10-11,13,16H,5-9,18H2,1-2H3. The summed E-state index contributed by atoms with van der Waals surface area (Å²) in [6.07, 6.45) is 3.06. The SMILES string of the molecule is CC(C)C1CC(c2cc(F)ccc2CCN)CCO1. The van der Waals surface area contributed by atoms with Crippen molar-refractivity contribution in [1.82, 2.24) is 0 Å². The van der Waals surface area contributed by atoms with Gasteiger partial charge in [-0.05, 0) is 60.9 Å². The van der Waals surface area contributed by atoms with Gasteiger partial charge in [0, 0.05) is 6.61 Å². The third kappa shape index (κ3) is 3.54. The minimum Gasteiger partial charge on any atom is -0.378 e. The van der Waals surface area contributed by atoms with Gasteiger partial charge in [0.15, 0.2) is 0 Å². The molecule has 2 nitrogen and oxygen atoms in total. The first kappa shape index (κ1) is 14.5. The van der Waals surface area contributed by atoms with Crippen molar-refractivity contribution < 1.29 is 9.13 Å². The Hall–Kier alpha value is -0.930. The highest BCUT2D eigenvalue weighted by Crippen LogP contribution is 2.34. The predicted octanol–water partition coefficient (Wildman–Crippen LogP) is 3.25. The fraction of sp³-hybridized carbons (Fsp3) is 0.625. The summed E-state index contributed by atoms with van der Waals surface area (Å²) in [4.78, 5) is 0. The minimum atomic E-state index is -0.150. The molecule has 1 aromatic carbocycles. The van der Waals surface area contributed by atoms with E-state index in [4.69, 9.17) is 10.5 Å². The van der Waals surface area contributed by atoms with Gasteiger partial charge in [-0.25, -0.2) is 4.39 Å². The van der Waals surface area contributed by atoms with Crippen molar-refractivity contribution in [2.45, 2.75) is 45.1 Å². The third-order valence-corrected chi connectivity index (χ3v) is 4.02. The quantitative estimate of drug-likeness (QED) is 0.907. The first-order valence-electron chi connectivity index (χ1n) is 7.21. The molecule has 0 aromatic heterocycles. The molecule has 3 heteroatoms. The Labute approximate surface area is 115 Å². The maximum Gasteiger partial charge on any atom is 0.123 e. The molecule has 2 atom stereocenters. The van der Waals surface area contributed by atoms with Crippen molar-refractivity contribution in [3.8, 4) is 0 Å². The second-order valence-corrected chi connectivity index (χ2v) is 5.76. The van der Waals surface area contributed by atoms with Crippen molar-refractivity contribution in [3.63, 3.8) is 0 Å². The Morgan fingerprint density at radius 1 is 1.42 bits per heavy atom. The van der Waals surface area contributed by atoms with Gasteiger partial charge in [0.2, 0.25) is 0 Å². The molecule has 0 spiro atoms. The lowest BCUT2D eigenvalue weighted by atomic mass is 9.82. The predicted molar refractivity (Wildman–Crippen MR) is 75.7 cm³/mol. The highest BCUT2D eigenvalue weighted by Gasteiger charge is 2.27. The maximum atomic E-state index is 13.5. The molecule has 1 saturated heterocycles. The Morgan fingerprint density at radius 3 is 2.89 bits per heavy atom. The molecule has 1 fully saturated rings. The first-order chi connectivity index (χ1) is 9.11. The normalized spacial score (nSPS) is 23.8. The molecular formula is C16H24FNO. The van der Waals surface area contributed by atoms with Gasteiger partial charge in [-0.3, -0.25) is 0 Å². The van der Waals surface area contributed by atoms with Crippen molar-refractivity contribution >= 4 is 0 Å². The molecule has 0 saturated carbocycles. The van der Waals surface area contributed by atoms with Crippen LogP contribution in [-0.2, 0) is 11.2 Å². The lowest BCUT2D eigenvalue weighted by Gasteiger charge is -2.33. The van der Waals surface area contributed by atoms with E-state index in [1.165, 1.54) is 11.6 Å². The largest absolute Gasteiger partial charge is 0.378 e. The molecule has 2 rings (SSSR count). The number of nitrogens with two attached hydrogens (primary N) is 1. The van der Waals surface area contributed by atoms with Crippen molar-refractivity contribution in [2.24, 2.45) is 11.7 Å². The minimum absolute atomic E-state index is 0.150. The number of ether oxygens (including phenoxy) is 1. The topological polar surface area (TPSA) is 35.2 Å². The van der Waals surface area contributed by atoms with Gasteiger partial charge in [-0.2, -0.15) is 0 Å². The number of benzene rings is 1. The van der Waals surface area contributed by atoms with Crippen LogP contribution in [0.25, 0.3) is 0 Å². The van der Waals surface area contributed by atoms with E-state index in [0.29, 0.717) is 18.4 Å². The molecule has 1 heterocycles. The molecule has 2 N–H and O–H groups in total. The van der Waals surface area contributed by atoms with Gasteiger partial charge < -0.3 is 10.5 Å². The lowest BCUT2D eigenvalue weighted by Crippen LogP contribution is -2.29. The number of halogens is 1. The summed E-state index contributed by atoms with van der Waals surface area (Å²) < 4.78 is 19.3. The molecule has 0 bridgehead atoms. The highest BCUT2D eigenvalue weighted by atomic mass is 19.1. The summed E-state index contributed by atoms with van der Waals surface area (Å²) >= 11 is 0. The second-order valence-electron chi connectivity index (χ2n) is 5.76. The molecule has 0 radical (unpaired) electrons. The van der Waals surface area contributed by atoms with Gasteiger partial charge >= 0.3 is 0 Å². The number of hydrogen-bond acceptors (Lipinski definition) is 2. The summed E-state index contributed by atoms with van der Waals surface area (Å²) in [5.74, 6) is 0.760. The zero-order chi connectivity index (χ0) is 13.8. The molecule has 1 aliphatic heterocycles. The zero-order valence-electron chi connectivity index (χ0n) is 11.9. The average molecular weight is 265 g/mol. The summed E-state index contributed by atoms with van der Waals surface area (Å²) in [7, 11) is 0. The van der Waals surface area contributed by atoms with Gasteiger partial charge in [-0.1, -0.05) is 19.9 Å². The summed E-state index contributed by atoms with van der Waals surface area (Å²) in [6.45, 7) is 5.74. The van der Waals surface area contributed by atoms with Crippen LogP contribution in [0.5, 0.6) is 0 Å². The fourth-order valence-corrected chi connectivity index (χ4v) is 2.90. The zero-order valence-corrected chi connectivity index (χ0v) is 11.9. The third-order valence-electron chi connectivity index (χ3n) is 4.02. The molecule has 1 aromatic rings. The summed E-state index contributed by atoms with van der Waals surface area (Å²) in [6, 6.07) is 5.11. The van der Waals surface area contributed by atoms with E-state index in [1.54, 1.807) is 6.07 Å². The van der Waals surface area contributed by atoms with E-state index in [9.17, 15) is 4.39 Å². The Balaban J connectivity index is 2.22. The van der Waals surface area contributed by atoms with Gasteiger partial charge in [0.25, 0.3) is 0 Å². The first-order valence-corrected chi connectivity index (χ1v) is 7.21. The van der Waals surface area contributed by atoms with E-state index in [-0.39, 0.29) is 11.9 Å². The average Bonchev–Trinajstić information content (AvgIpc) is 2.41. The molecule has 0 aliphatic carbocycles. The maximum absolute atomic E-state index is 13.5. The van der Waals surface area contributed by atoms with Gasteiger partial charge in [0.05, 0.1) is 6.10 Å². The number of hydrogen-bond donors (Lipinski definition) is 1. The van der Waals surface area contributed by atoms with E-state index in [2.05, 4.69) is 13.8 Å². The van der Waals surface area contributed by atoms with E-state index in [1.807, 2.05) is 6.07 Å². The van der Waals surface area contributed by atoms with Crippen molar-refractivity contribution in [3.05, 3.63) is 35.1 Å². The van der Waals surface area contributed by atoms with Crippen LogP contribution in [0.2, 0.25) is 0 Å². The van der Waals surface area contributed by atoms with Gasteiger partial charge in [0.1, 0.15) is 5.82 Å². The highest BCUT2D eigenvalue weighted by molar-refractivity contribution is 5.32. The van der Waals surface area contributed by atoms with Crippen LogP contribution in [0.1, 0.15) is 43.7 Å². The summed E-state index contributed by atoms with van der Waals surface area (Å²) in [5.41, 5.74) is 7.99. The van der Waals surface area contributed by atoms with E-state index in [0.717, 1.165) is 31.4 Å². The van der Waals surface area contributed by atoms with Crippen LogP contribution >= 0.6 is 0 Å². The molecule has 0 amide bonds. The van der Waals surface area contributed by atoms with Crippen molar-refractivity contribution in [2.75, 3.05) is 13.2 Å². The second kappa shape index (κ2) is 6.49. The van der Waals surface area contributed by atoms with Gasteiger partial charge in [-0.15, -0.1) is 0 Å². The van der Waals surface area contributed by atoms with Crippen LogP contribution in [0, 0.1) is 11.7 Å². The lowest BCUT2D eigenvalue weighted by molar-refractivity contribution is -0.0202. The molecule has 2 unspecified atom stereocenters. The monoisotopic (exact) mass is 265 g/mol. The summed E-state index contributed by atoms with van der Waals surface area (Å²) in [5, 5.41) is 0. The molecule has 1 aliphatic rings. The fourth-order valence-electron chi connectivity index (χ4n) is 2.90. The molecule has 19 heavy (non-hydrogen) atoms. The van der Waals surface area contributed by atoms with Crippen LogP contribution in [0.15, 0.2) is 18.2 Å². The molecular weight excluding hydrogens is 241 g/mol.